The molecule has 1 aromatic heterocycles. The zero-order valence-corrected chi connectivity index (χ0v) is 12.3. The van der Waals surface area contributed by atoms with E-state index in [2.05, 4.69) is 19.2 Å². The van der Waals surface area contributed by atoms with Crippen molar-refractivity contribution in [3.8, 4) is 6.07 Å². The van der Waals surface area contributed by atoms with Crippen molar-refractivity contribution in [3.05, 3.63) is 28.1 Å². The van der Waals surface area contributed by atoms with Crippen LogP contribution in [0.3, 0.4) is 0 Å². The van der Waals surface area contributed by atoms with Gasteiger partial charge in [-0.15, -0.1) is 0 Å². The average Bonchev–Trinajstić information content (AvgIpc) is 2.85. The Morgan fingerprint density at radius 3 is 2.86 bits per heavy atom. The normalized spacial score (nSPS) is 10.4. The van der Waals surface area contributed by atoms with Crippen LogP contribution in [0.1, 0.15) is 43.6 Å². The van der Waals surface area contributed by atoms with E-state index >= 15 is 0 Å². The minimum Gasteiger partial charge on any atom is -0.351 e. The van der Waals surface area contributed by atoms with Gasteiger partial charge < -0.3 is 9.88 Å². The molecule has 0 saturated heterocycles. The molecule has 7 nitrogen and oxygen atoms in total. The van der Waals surface area contributed by atoms with Crippen molar-refractivity contribution >= 4 is 11.6 Å². The molecule has 0 atom stereocenters. The smallest absolute Gasteiger partial charge is 0.287 e. The lowest BCUT2D eigenvalue weighted by Crippen LogP contribution is -2.26. The van der Waals surface area contributed by atoms with E-state index in [0.717, 1.165) is 6.42 Å². The molecule has 0 aromatic carbocycles. The molecule has 21 heavy (non-hydrogen) atoms. The summed E-state index contributed by atoms with van der Waals surface area (Å²) >= 11 is 0. The highest BCUT2D eigenvalue weighted by molar-refractivity contribution is 5.93. The Morgan fingerprint density at radius 1 is 1.57 bits per heavy atom. The third-order valence-corrected chi connectivity index (χ3v) is 3.02. The van der Waals surface area contributed by atoms with Crippen LogP contribution in [-0.2, 0) is 6.54 Å². The summed E-state index contributed by atoms with van der Waals surface area (Å²) in [6.07, 6.45) is 3.17. The molecular weight excluding hydrogens is 272 g/mol. The predicted octanol–water partition coefficient (Wildman–Crippen LogP) is 2.48. The average molecular weight is 292 g/mol. The Kier molecular flexibility index (Phi) is 6.40. The van der Waals surface area contributed by atoms with E-state index in [1.807, 2.05) is 6.07 Å². The zero-order valence-electron chi connectivity index (χ0n) is 12.3. The summed E-state index contributed by atoms with van der Waals surface area (Å²) in [6, 6.07) is 3.29. The molecule has 1 rings (SSSR count). The quantitative estimate of drug-likeness (QED) is 0.451. The van der Waals surface area contributed by atoms with Gasteiger partial charge in [0.05, 0.1) is 17.2 Å². The Morgan fingerprint density at radius 2 is 2.29 bits per heavy atom. The molecule has 1 amide bonds. The van der Waals surface area contributed by atoms with Gasteiger partial charge in [0.1, 0.15) is 5.69 Å². The Balaban J connectivity index is 2.79. The first kappa shape index (κ1) is 16.7. The lowest BCUT2D eigenvalue weighted by Gasteiger charge is -2.10. The largest absolute Gasteiger partial charge is 0.351 e. The van der Waals surface area contributed by atoms with Crippen molar-refractivity contribution < 1.29 is 9.72 Å². The molecule has 1 aromatic rings. The first-order chi connectivity index (χ1) is 9.95. The Hall–Kier alpha value is -2.36. The number of hydrogen-bond acceptors (Lipinski definition) is 4. The number of nitrogens with zero attached hydrogens (tertiary/aromatic N) is 3. The van der Waals surface area contributed by atoms with Crippen molar-refractivity contribution in [2.24, 2.45) is 5.92 Å². The van der Waals surface area contributed by atoms with Gasteiger partial charge in [0, 0.05) is 25.6 Å². The number of nitriles is 1. The fraction of sp³-hybridized carbons (Fsp3) is 0.571. The molecule has 0 radical (unpaired) electrons. The summed E-state index contributed by atoms with van der Waals surface area (Å²) in [6.45, 7) is 5.06. The number of aryl methyl sites for hydroxylation is 1. The van der Waals surface area contributed by atoms with Crippen LogP contribution in [0, 0.1) is 27.4 Å². The summed E-state index contributed by atoms with van der Waals surface area (Å²) < 4.78 is 1.62. The summed E-state index contributed by atoms with van der Waals surface area (Å²) in [7, 11) is 0. The van der Waals surface area contributed by atoms with Gasteiger partial charge in [0.2, 0.25) is 0 Å². The van der Waals surface area contributed by atoms with Gasteiger partial charge in [-0.1, -0.05) is 13.8 Å². The molecule has 0 unspecified atom stereocenters. The third-order valence-electron chi connectivity index (χ3n) is 3.02. The van der Waals surface area contributed by atoms with Crippen LogP contribution in [0.4, 0.5) is 5.69 Å². The molecule has 0 saturated carbocycles. The minimum atomic E-state index is -0.502. The second-order valence-corrected chi connectivity index (χ2v) is 5.23. The van der Waals surface area contributed by atoms with Crippen LogP contribution in [-0.4, -0.2) is 21.9 Å². The van der Waals surface area contributed by atoms with Crippen molar-refractivity contribution in [2.75, 3.05) is 6.54 Å². The van der Waals surface area contributed by atoms with Gasteiger partial charge in [-0.25, -0.2) is 0 Å². The van der Waals surface area contributed by atoms with E-state index in [9.17, 15) is 14.9 Å². The minimum absolute atomic E-state index is 0.0825. The molecule has 0 spiro atoms. The van der Waals surface area contributed by atoms with Crippen LogP contribution in [0.25, 0.3) is 0 Å². The zero-order chi connectivity index (χ0) is 15.8. The number of rotatable bonds is 8. The number of carbonyl (C=O) groups is 1. The number of amides is 1. The molecule has 0 aliphatic carbocycles. The summed E-state index contributed by atoms with van der Waals surface area (Å²) in [5.74, 6) is 0.0998. The number of carbonyl (C=O) groups excluding carboxylic acids is 1. The number of hydrogen-bond donors (Lipinski definition) is 1. The molecule has 114 valence electrons. The molecule has 0 aliphatic rings. The fourth-order valence-electron chi connectivity index (χ4n) is 1.83. The van der Waals surface area contributed by atoms with Gasteiger partial charge >= 0.3 is 0 Å². The van der Waals surface area contributed by atoms with Crippen LogP contribution < -0.4 is 5.32 Å². The number of nitro groups is 1. The second kappa shape index (κ2) is 8.04. The first-order valence-electron chi connectivity index (χ1n) is 6.95. The lowest BCUT2D eigenvalue weighted by atomic mass is 10.1. The molecular formula is C14H20N4O3. The fourth-order valence-corrected chi connectivity index (χ4v) is 1.83. The molecule has 7 heteroatoms. The van der Waals surface area contributed by atoms with Crippen LogP contribution >= 0.6 is 0 Å². The topological polar surface area (TPSA) is 101 Å². The molecule has 0 bridgehead atoms. The Labute approximate surface area is 123 Å². The van der Waals surface area contributed by atoms with Crippen molar-refractivity contribution in [3.63, 3.8) is 0 Å². The van der Waals surface area contributed by atoms with Crippen molar-refractivity contribution in [2.45, 2.75) is 39.7 Å². The van der Waals surface area contributed by atoms with Gasteiger partial charge in [-0.2, -0.15) is 5.26 Å². The molecule has 0 fully saturated rings. The molecule has 1 heterocycles. The van der Waals surface area contributed by atoms with E-state index in [4.69, 9.17) is 5.26 Å². The van der Waals surface area contributed by atoms with Crippen LogP contribution in [0.2, 0.25) is 0 Å². The molecule has 1 N–H and O–H groups in total. The summed E-state index contributed by atoms with van der Waals surface area (Å²) in [4.78, 5) is 22.4. The summed E-state index contributed by atoms with van der Waals surface area (Å²) in [5, 5.41) is 22.0. The highest BCUT2D eigenvalue weighted by atomic mass is 16.6. The van der Waals surface area contributed by atoms with Gasteiger partial charge in [0.25, 0.3) is 11.6 Å². The van der Waals surface area contributed by atoms with Gasteiger partial charge in [-0.05, 0) is 18.8 Å². The highest BCUT2D eigenvalue weighted by Crippen LogP contribution is 2.18. The predicted molar refractivity (Wildman–Crippen MR) is 77.7 cm³/mol. The monoisotopic (exact) mass is 292 g/mol. The number of nitrogens with one attached hydrogen (secondary N) is 1. The van der Waals surface area contributed by atoms with Crippen LogP contribution in [0.15, 0.2) is 12.3 Å². The second-order valence-electron chi connectivity index (χ2n) is 5.23. The lowest BCUT2D eigenvalue weighted by molar-refractivity contribution is -0.384. The van der Waals surface area contributed by atoms with E-state index in [-0.39, 0.29) is 11.6 Å². The van der Waals surface area contributed by atoms with E-state index in [0.29, 0.717) is 37.5 Å². The maximum Gasteiger partial charge on any atom is 0.287 e. The standard InChI is InChI=1S/C14H20N4O3/c1-11(2)5-8-17-10-12(18(20)21)9-13(17)14(19)16-7-4-3-6-15/h9-11H,3-5,7-8H2,1-2H3,(H,16,19). The van der Waals surface area contributed by atoms with E-state index in [1.54, 1.807) is 4.57 Å². The highest BCUT2D eigenvalue weighted by Gasteiger charge is 2.19. The van der Waals surface area contributed by atoms with Gasteiger partial charge in [0.15, 0.2) is 0 Å². The summed E-state index contributed by atoms with van der Waals surface area (Å²) in [5.41, 5.74) is 0.209. The van der Waals surface area contributed by atoms with E-state index < -0.39 is 4.92 Å². The molecule has 0 aliphatic heterocycles. The first-order valence-corrected chi connectivity index (χ1v) is 6.95. The maximum atomic E-state index is 12.1. The SMILES string of the molecule is CC(C)CCn1cc([N+](=O)[O-])cc1C(=O)NCCCC#N. The van der Waals surface area contributed by atoms with E-state index in [1.165, 1.54) is 12.3 Å². The maximum absolute atomic E-state index is 12.1. The van der Waals surface area contributed by atoms with Gasteiger partial charge in [-0.3, -0.25) is 14.9 Å². The number of unbranched alkanes of at least 4 members (excludes halogenated alkanes) is 1. The third kappa shape index (κ3) is 5.26. The van der Waals surface area contributed by atoms with Crippen molar-refractivity contribution in [1.29, 1.82) is 5.26 Å². The number of aromatic nitrogens is 1. The Bertz CT molecular complexity index is 543. The van der Waals surface area contributed by atoms with Crippen molar-refractivity contribution in [1.82, 2.24) is 9.88 Å². The van der Waals surface area contributed by atoms with Crippen LogP contribution in [0.5, 0.6) is 0 Å².